The third kappa shape index (κ3) is 3.32. The first-order valence-corrected chi connectivity index (χ1v) is 8.11. The molecule has 7 nitrogen and oxygen atoms in total. The van der Waals surface area contributed by atoms with Gasteiger partial charge in [-0.15, -0.1) is 0 Å². The van der Waals surface area contributed by atoms with E-state index in [0.717, 1.165) is 28.7 Å². The van der Waals surface area contributed by atoms with Crippen molar-refractivity contribution in [3.8, 4) is 0 Å². The lowest BCUT2D eigenvalue weighted by Crippen LogP contribution is -2.08. The Morgan fingerprint density at radius 2 is 2.17 bits per heavy atom. The lowest BCUT2D eigenvalue weighted by atomic mass is 10.2. The zero-order valence-electron chi connectivity index (χ0n) is 13.9. The smallest absolute Gasteiger partial charge is 0.225 e. The highest BCUT2D eigenvalue weighted by atomic mass is 35.5. The van der Waals surface area contributed by atoms with Crippen molar-refractivity contribution < 1.29 is 4.74 Å². The van der Waals surface area contributed by atoms with Crippen LogP contribution in [0.3, 0.4) is 0 Å². The standard InChI is InChI=1S/C16H19ClN6O/c1-4-11-13-14(23(22-11)7-8-24-3)15(21-16(17)20-13)19-12-9-10(2)5-6-18-12/h5-6,9H,4,7-8H2,1-3H3,(H,18,19,20,21). The van der Waals surface area contributed by atoms with Crippen LogP contribution in [-0.2, 0) is 17.7 Å². The summed E-state index contributed by atoms with van der Waals surface area (Å²) in [6.07, 6.45) is 2.50. The number of aromatic nitrogens is 5. The number of fused-ring (bicyclic) bond motifs is 1. The maximum absolute atomic E-state index is 6.12. The monoisotopic (exact) mass is 346 g/mol. The third-order valence-electron chi connectivity index (χ3n) is 3.63. The molecule has 0 unspecified atom stereocenters. The molecule has 0 spiro atoms. The van der Waals surface area contributed by atoms with Crippen molar-refractivity contribution in [2.24, 2.45) is 0 Å². The zero-order chi connectivity index (χ0) is 17.1. The summed E-state index contributed by atoms with van der Waals surface area (Å²) in [5, 5.41) is 8.04. The molecule has 1 N–H and O–H groups in total. The number of nitrogens with one attached hydrogen (secondary N) is 1. The SMILES string of the molecule is CCc1nn(CCOC)c2c(Nc3cc(C)ccn3)nc(Cl)nc12. The second-order valence-electron chi connectivity index (χ2n) is 5.40. The summed E-state index contributed by atoms with van der Waals surface area (Å²) < 4.78 is 7.03. The Morgan fingerprint density at radius 3 is 2.88 bits per heavy atom. The Bertz CT molecular complexity index is 863. The third-order valence-corrected chi connectivity index (χ3v) is 3.80. The van der Waals surface area contributed by atoms with Gasteiger partial charge in [0.05, 0.1) is 18.8 Å². The van der Waals surface area contributed by atoms with Crippen LogP contribution >= 0.6 is 11.6 Å². The molecule has 24 heavy (non-hydrogen) atoms. The average Bonchev–Trinajstić information content (AvgIpc) is 2.90. The molecule has 3 aromatic heterocycles. The first kappa shape index (κ1) is 16.6. The number of methoxy groups -OCH3 is 1. The highest BCUT2D eigenvalue weighted by molar-refractivity contribution is 6.28. The molecule has 3 heterocycles. The summed E-state index contributed by atoms with van der Waals surface area (Å²) in [5.41, 5.74) is 3.54. The highest BCUT2D eigenvalue weighted by Crippen LogP contribution is 2.27. The van der Waals surface area contributed by atoms with E-state index in [4.69, 9.17) is 16.3 Å². The van der Waals surface area contributed by atoms with Crippen LogP contribution in [0.4, 0.5) is 11.6 Å². The maximum Gasteiger partial charge on any atom is 0.225 e. The molecule has 0 saturated carbocycles. The van der Waals surface area contributed by atoms with Crippen LogP contribution in [-0.4, -0.2) is 38.4 Å². The minimum absolute atomic E-state index is 0.179. The number of hydrogen-bond acceptors (Lipinski definition) is 6. The Balaban J connectivity index is 2.12. The van der Waals surface area contributed by atoms with Gasteiger partial charge in [0.15, 0.2) is 5.82 Å². The molecule has 0 aromatic carbocycles. The van der Waals surface area contributed by atoms with Gasteiger partial charge in [0.1, 0.15) is 16.9 Å². The van der Waals surface area contributed by atoms with Crippen molar-refractivity contribution in [1.82, 2.24) is 24.7 Å². The number of nitrogens with zero attached hydrogens (tertiary/aromatic N) is 5. The minimum Gasteiger partial charge on any atom is -0.383 e. The van der Waals surface area contributed by atoms with Crippen molar-refractivity contribution in [3.63, 3.8) is 0 Å². The lowest BCUT2D eigenvalue weighted by Gasteiger charge is -2.09. The molecule has 0 aliphatic heterocycles. The van der Waals surface area contributed by atoms with Gasteiger partial charge in [-0.05, 0) is 42.6 Å². The molecule has 0 bridgehead atoms. The van der Waals surface area contributed by atoms with Crippen molar-refractivity contribution in [2.75, 3.05) is 19.0 Å². The molecule has 0 saturated heterocycles. The van der Waals surface area contributed by atoms with Crippen LogP contribution in [0.5, 0.6) is 0 Å². The van der Waals surface area contributed by atoms with Gasteiger partial charge in [-0.2, -0.15) is 10.1 Å². The largest absolute Gasteiger partial charge is 0.383 e. The number of aryl methyl sites for hydroxylation is 2. The quantitative estimate of drug-likeness (QED) is 0.691. The maximum atomic E-state index is 6.12. The van der Waals surface area contributed by atoms with Gasteiger partial charge in [-0.25, -0.2) is 9.97 Å². The van der Waals surface area contributed by atoms with E-state index in [1.807, 2.05) is 30.7 Å². The predicted octanol–water partition coefficient (Wildman–Crippen LogP) is 3.14. The molecule has 126 valence electrons. The van der Waals surface area contributed by atoms with Gasteiger partial charge in [-0.3, -0.25) is 4.68 Å². The number of rotatable bonds is 6. The Hall–Kier alpha value is -2.25. The van der Waals surface area contributed by atoms with E-state index in [1.54, 1.807) is 13.3 Å². The van der Waals surface area contributed by atoms with Crippen LogP contribution in [0, 0.1) is 6.92 Å². The van der Waals surface area contributed by atoms with E-state index >= 15 is 0 Å². The molecule has 0 aliphatic carbocycles. The highest BCUT2D eigenvalue weighted by Gasteiger charge is 2.17. The van der Waals surface area contributed by atoms with Crippen LogP contribution < -0.4 is 5.32 Å². The number of halogens is 1. The Labute approximate surface area is 145 Å². The van der Waals surface area contributed by atoms with E-state index < -0.39 is 0 Å². The molecule has 0 radical (unpaired) electrons. The summed E-state index contributed by atoms with van der Waals surface area (Å²) in [5.74, 6) is 1.29. The van der Waals surface area contributed by atoms with Crippen molar-refractivity contribution in [1.29, 1.82) is 0 Å². The van der Waals surface area contributed by atoms with E-state index in [1.165, 1.54) is 0 Å². The van der Waals surface area contributed by atoms with Gasteiger partial charge in [-0.1, -0.05) is 6.92 Å². The first-order valence-electron chi connectivity index (χ1n) is 7.74. The molecule has 0 fully saturated rings. The average molecular weight is 347 g/mol. The first-order chi connectivity index (χ1) is 11.6. The van der Waals surface area contributed by atoms with Crippen LogP contribution in [0.2, 0.25) is 5.28 Å². The second-order valence-corrected chi connectivity index (χ2v) is 5.74. The number of hydrogen-bond donors (Lipinski definition) is 1. The summed E-state index contributed by atoms with van der Waals surface area (Å²) in [7, 11) is 1.66. The molecule has 0 amide bonds. The Morgan fingerprint density at radius 1 is 1.33 bits per heavy atom. The zero-order valence-corrected chi connectivity index (χ0v) is 14.6. The van der Waals surface area contributed by atoms with Gasteiger partial charge in [0, 0.05) is 13.3 Å². The fraction of sp³-hybridized carbons (Fsp3) is 0.375. The van der Waals surface area contributed by atoms with Gasteiger partial charge >= 0.3 is 0 Å². The lowest BCUT2D eigenvalue weighted by molar-refractivity contribution is 0.184. The number of pyridine rings is 1. The Kier molecular flexibility index (Phi) is 4.92. The van der Waals surface area contributed by atoms with E-state index in [9.17, 15) is 0 Å². The van der Waals surface area contributed by atoms with E-state index in [-0.39, 0.29) is 5.28 Å². The second kappa shape index (κ2) is 7.11. The topological polar surface area (TPSA) is 77.8 Å². The summed E-state index contributed by atoms with van der Waals surface area (Å²) in [6, 6.07) is 3.88. The predicted molar refractivity (Wildman–Crippen MR) is 93.8 cm³/mol. The van der Waals surface area contributed by atoms with Crippen LogP contribution in [0.15, 0.2) is 18.3 Å². The molecule has 3 rings (SSSR count). The van der Waals surface area contributed by atoms with Gasteiger partial charge in [0.25, 0.3) is 0 Å². The van der Waals surface area contributed by atoms with Crippen LogP contribution in [0.1, 0.15) is 18.2 Å². The number of ether oxygens (including phenoxy) is 1. The molecular formula is C16H19ClN6O. The van der Waals surface area contributed by atoms with Crippen molar-refractivity contribution in [3.05, 3.63) is 34.9 Å². The normalized spacial score (nSPS) is 11.2. The molecule has 0 aliphatic rings. The van der Waals surface area contributed by atoms with Gasteiger partial charge < -0.3 is 10.1 Å². The minimum atomic E-state index is 0.179. The fourth-order valence-corrected chi connectivity index (χ4v) is 2.68. The summed E-state index contributed by atoms with van der Waals surface area (Å²) in [4.78, 5) is 13.0. The number of anilines is 2. The fourth-order valence-electron chi connectivity index (χ4n) is 2.51. The molecule has 3 aromatic rings. The summed E-state index contributed by atoms with van der Waals surface area (Å²) >= 11 is 6.12. The van der Waals surface area contributed by atoms with E-state index in [0.29, 0.717) is 24.8 Å². The van der Waals surface area contributed by atoms with Crippen molar-refractivity contribution in [2.45, 2.75) is 26.8 Å². The van der Waals surface area contributed by atoms with E-state index in [2.05, 4.69) is 25.4 Å². The molecule has 0 atom stereocenters. The molecule has 8 heteroatoms. The van der Waals surface area contributed by atoms with Crippen LogP contribution in [0.25, 0.3) is 11.0 Å². The van der Waals surface area contributed by atoms with Crippen molar-refractivity contribution >= 4 is 34.3 Å². The summed E-state index contributed by atoms with van der Waals surface area (Å²) in [6.45, 7) is 5.19. The van der Waals surface area contributed by atoms with Gasteiger partial charge in [0.2, 0.25) is 5.28 Å². The molecular weight excluding hydrogens is 328 g/mol.